The number of thiocarbonyl (C=S) groups is 1. The van der Waals surface area contributed by atoms with Crippen LogP contribution in [0.25, 0.3) is 0 Å². The molecule has 0 aliphatic carbocycles. The van der Waals surface area contributed by atoms with Gasteiger partial charge in [-0.3, -0.25) is 25.8 Å². The lowest BCUT2D eigenvalue weighted by molar-refractivity contribution is 0.0933. The third-order valence-corrected chi connectivity index (χ3v) is 4.55. The first-order valence-electron chi connectivity index (χ1n) is 8.39. The lowest BCUT2D eigenvalue weighted by atomic mass is 10.1. The van der Waals surface area contributed by atoms with Gasteiger partial charge in [-0.1, -0.05) is 15.9 Å². The van der Waals surface area contributed by atoms with Gasteiger partial charge < -0.3 is 18.9 Å². The molecule has 30 heavy (non-hydrogen) atoms. The number of halogens is 1. The number of hydrogen-bond acceptors (Lipinski definition) is 7. The first-order valence-corrected chi connectivity index (χ1v) is 9.59. The van der Waals surface area contributed by atoms with Gasteiger partial charge in [-0.15, -0.1) is 0 Å². The van der Waals surface area contributed by atoms with E-state index in [-0.39, 0.29) is 16.2 Å². The summed E-state index contributed by atoms with van der Waals surface area (Å²) in [4.78, 5) is 24.9. The molecule has 9 nitrogen and oxygen atoms in total. The zero-order valence-electron chi connectivity index (χ0n) is 16.6. The van der Waals surface area contributed by atoms with Crippen LogP contribution in [-0.2, 0) is 0 Å². The van der Waals surface area contributed by atoms with Crippen molar-refractivity contribution in [1.29, 1.82) is 0 Å². The van der Waals surface area contributed by atoms with E-state index in [2.05, 4.69) is 32.1 Å². The highest BCUT2D eigenvalue weighted by Gasteiger charge is 2.18. The standard InChI is InChI=1S/C19H20BrN3O6S/c1-26-13-6-5-11(20)9-12(13)18(25)21-19(30)23-22-17(24)10-7-14(27-2)16(29-4)15(8-10)28-3/h5-9H,1-4H3,(H,22,24)(H2,21,23,25,30). The summed E-state index contributed by atoms with van der Waals surface area (Å²) >= 11 is 8.37. The predicted molar refractivity (Wildman–Crippen MR) is 117 cm³/mol. The minimum atomic E-state index is -0.536. The number of amides is 2. The molecule has 0 aliphatic rings. The van der Waals surface area contributed by atoms with Crippen LogP contribution in [0, 0.1) is 0 Å². The molecule has 160 valence electrons. The summed E-state index contributed by atoms with van der Waals surface area (Å²) in [7, 11) is 5.80. The molecule has 0 radical (unpaired) electrons. The van der Waals surface area contributed by atoms with Crippen LogP contribution in [0.15, 0.2) is 34.8 Å². The second-order valence-electron chi connectivity index (χ2n) is 5.62. The molecule has 0 heterocycles. The number of nitrogens with one attached hydrogen (secondary N) is 3. The van der Waals surface area contributed by atoms with Gasteiger partial charge in [0.05, 0.1) is 34.0 Å². The van der Waals surface area contributed by atoms with Crippen LogP contribution >= 0.6 is 28.1 Å². The van der Waals surface area contributed by atoms with Crippen molar-refractivity contribution in [2.75, 3.05) is 28.4 Å². The third-order valence-electron chi connectivity index (χ3n) is 3.85. The largest absolute Gasteiger partial charge is 0.496 e. The Morgan fingerprint density at radius 3 is 1.97 bits per heavy atom. The number of carbonyl (C=O) groups is 2. The number of methoxy groups -OCH3 is 4. The summed E-state index contributed by atoms with van der Waals surface area (Å²) in [6.07, 6.45) is 0. The van der Waals surface area contributed by atoms with Crippen LogP contribution in [-0.4, -0.2) is 45.4 Å². The highest BCUT2D eigenvalue weighted by Crippen LogP contribution is 2.38. The Hall–Kier alpha value is -3.05. The minimum Gasteiger partial charge on any atom is -0.496 e. The normalized spacial score (nSPS) is 9.90. The van der Waals surface area contributed by atoms with Gasteiger partial charge >= 0.3 is 0 Å². The lowest BCUT2D eigenvalue weighted by Crippen LogP contribution is -2.48. The lowest BCUT2D eigenvalue weighted by Gasteiger charge is -2.15. The first kappa shape index (κ1) is 23.2. The Bertz CT molecular complexity index is 944. The summed E-state index contributed by atoms with van der Waals surface area (Å²) in [5, 5.41) is 2.36. The molecule has 0 atom stereocenters. The van der Waals surface area contributed by atoms with E-state index >= 15 is 0 Å². The SMILES string of the molecule is COc1ccc(Br)cc1C(=O)NC(=S)NNC(=O)c1cc(OC)c(OC)c(OC)c1. The van der Waals surface area contributed by atoms with Gasteiger partial charge in [0, 0.05) is 10.0 Å². The highest BCUT2D eigenvalue weighted by molar-refractivity contribution is 9.10. The molecule has 3 N–H and O–H groups in total. The fraction of sp³-hybridized carbons (Fsp3) is 0.211. The predicted octanol–water partition coefficient (Wildman–Crippen LogP) is 2.43. The van der Waals surface area contributed by atoms with Gasteiger partial charge in [0.15, 0.2) is 16.6 Å². The maximum atomic E-state index is 12.5. The number of hydrazine groups is 1. The van der Waals surface area contributed by atoms with E-state index in [0.717, 1.165) is 0 Å². The second kappa shape index (κ2) is 10.6. The molecule has 0 saturated carbocycles. The van der Waals surface area contributed by atoms with Gasteiger partial charge in [0.1, 0.15) is 5.75 Å². The van der Waals surface area contributed by atoms with Crippen LogP contribution in [0.5, 0.6) is 23.0 Å². The van der Waals surface area contributed by atoms with Crippen molar-refractivity contribution in [3.8, 4) is 23.0 Å². The average molecular weight is 498 g/mol. The molecule has 2 amide bonds. The second-order valence-corrected chi connectivity index (χ2v) is 6.94. The summed E-state index contributed by atoms with van der Waals surface area (Å²) < 4.78 is 21.5. The van der Waals surface area contributed by atoms with E-state index in [1.165, 1.54) is 40.6 Å². The first-order chi connectivity index (χ1) is 14.3. The van der Waals surface area contributed by atoms with E-state index in [1.54, 1.807) is 18.2 Å². The monoisotopic (exact) mass is 497 g/mol. The van der Waals surface area contributed by atoms with E-state index < -0.39 is 11.8 Å². The molecular weight excluding hydrogens is 478 g/mol. The molecule has 0 spiro atoms. The van der Waals surface area contributed by atoms with Crippen molar-refractivity contribution in [3.05, 3.63) is 45.9 Å². The molecule has 0 unspecified atom stereocenters. The molecular formula is C19H20BrN3O6S. The van der Waals surface area contributed by atoms with E-state index in [4.69, 9.17) is 31.2 Å². The fourth-order valence-corrected chi connectivity index (χ4v) is 2.96. The van der Waals surface area contributed by atoms with Gasteiger partial charge in [-0.25, -0.2) is 0 Å². The molecule has 2 aromatic rings. The van der Waals surface area contributed by atoms with E-state index in [0.29, 0.717) is 27.5 Å². The van der Waals surface area contributed by atoms with Gasteiger partial charge in [-0.2, -0.15) is 0 Å². The van der Waals surface area contributed by atoms with Gasteiger partial charge in [0.25, 0.3) is 11.8 Å². The van der Waals surface area contributed by atoms with Crippen LogP contribution in [0.4, 0.5) is 0 Å². The van der Waals surface area contributed by atoms with Crippen molar-refractivity contribution in [2.24, 2.45) is 0 Å². The van der Waals surface area contributed by atoms with Gasteiger partial charge in [-0.05, 0) is 42.5 Å². The zero-order chi connectivity index (χ0) is 22.3. The molecule has 0 aromatic heterocycles. The quantitative estimate of drug-likeness (QED) is 0.412. The molecule has 2 rings (SSSR count). The topological polar surface area (TPSA) is 107 Å². The molecule has 0 fully saturated rings. The van der Waals surface area contributed by atoms with Crippen molar-refractivity contribution < 1.29 is 28.5 Å². The Morgan fingerprint density at radius 1 is 0.833 bits per heavy atom. The van der Waals surface area contributed by atoms with E-state index in [9.17, 15) is 9.59 Å². The number of benzene rings is 2. The van der Waals surface area contributed by atoms with Crippen LogP contribution in [0.3, 0.4) is 0 Å². The number of ether oxygens (including phenoxy) is 4. The van der Waals surface area contributed by atoms with Crippen molar-refractivity contribution >= 4 is 45.1 Å². The number of hydrogen-bond donors (Lipinski definition) is 3. The average Bonchev–Trinajstić information content (AvgIpc) is 2.76. The van der Waals surface area contributed by atoms with Crippen molar-refractivity contribution in [3.63, 3.8) is 0 Å². The van der Waals surface area contributed by atoms with E-state index in [1.807, 2.05) is 0 Å². The number of carbonyl (C=O) groups excluding carboxylic acids is 2. The maximum Gasteiger partial charge on any atom is 0.269 e. The van der Waals surface area contributed by atoms with Gasteiger partial charge in [0.2, 0.25) is 5.75 Å². The number of rotatable bonds is 6. The smallest absolute Gasteiger partial charge is 0.269 e. The summed E-state index contributed by atoms with van der Waals surface area (Å²) in [5.74, 6) is 0.327. The molecule has 2 aromatic carbocycles. The van der Waals surface area contributed by atoms with Crippen LogP contribution < -0.4 is 35.1 Å². The van der Waals surface area contributed by atoms with Crippen LogP contribution in [0.2, 0.25) is 0 Å². The molecule has 0 aliphatic heterocycles. The summed E-state index contributed by atoms with van der Waals surface area (Å²) in [6.45, 7) is 0. The molecule has 0 saturated heterocycles. The Kier molecular flexibility index (Phi) is 8.25. The Morgan fingerprint density at radius 2 is 1.43 bits per heavy atom. The third kappa shape index (κ3) is 5.51. The Labute approximate surface area is 187 Å². The fourth-order valence-electron chi connectivity index (χ4n) is 2.46. The zero-order valence-corrected chi connectivity index (χ0v) is 19.0. The minimum absolute atomic E-state index is 0.108. The van der Waals surface area contributed by atoms with Crippen LogP contribution in [0.1, 0.15) is 20.7 Å². The Balaban J connectivity index is 2.05. The molecule has 0 bridgehead atoms. The highest BCUT2D eigenvalue weighted by atomic mass is 79.9. The molecule has 11 heteroatoms. The maximum absolute atomic E-state index is 12.5. The van der Waals surface area contributed by atoms with Crippen molar-refractivity contribution in [2.45, 2.75) is 0 Å². The summed E-state index contributed by atoms with van der Waals surface area (Å²) in [5.41, 5.74) is 5.36. The van der Waals surface area contributed by atoms with Crippen molar-refractivity contribution in [1.82, 2.24) is 16.2 Å². The summed E-state index contributed by atoms with van der Waals surface area (Å²) in [6, 6.07) is 7.93.